The maximum atomic E-state index is 12.2. The van der Waals surface area contributed by atoms with Gasteiger partial charge in [0, 0.05) is 23.1 Å². The Labute approximate surface area is 143 Å². The third-order valence-corrected chi connectivity index (χ3v) is 4.44. The van der Waals surface area contributed by atoms with Crippen LogP contribution in [0.5, 0.6) is 11.5 Å². The van der Waals surface area contributed by atoms with Crippen molar-refractivity contribution < 1.29 is 14.6 Å². The Morgan fingerprint density at radius 1 is 0.920 bits per heavy atom. The first-order chi connectivity index (χ1) is 12.1. The summed E-state index contributed by atoms with van der Waals surface area (Å²) in [6, 6.07) is 9.45. The Bertz CT molecular complexity index is 1050. The summed E-state index contributed by atoms with van der Waals surface area (Å²) in [6.07, 6.45) is 3.76. The molecule has 4 rings (SSSR count). The molecule has 0 amide bonds. The standard InChI is InChI=1S/C19H16N2O4/c22-12-6-8-16(17(23)10-12)21-20-11-5-7-14-13-3-1-2-4-15(13)19(24)25-18(14)9-11/h5-10,22-23H,1-4H2. The van der Waals surface area contributed by atoms with Crippen LogP contribution in [0.4, 0.5) is 11.4 Å². The first-order valence-corrected chi connectivity index (χ1v) is 8.14. The second-order valence-electron chi connectivity index (χ2n) is 6.11. The summed E-state index contributed by atoms with van der Waals surface area (Å²) in [5, 5.41) is 28.0. The van der Waals surface area contributed by atoms with Gasteiger partial charge in [-0.25, -0.2) is 4.79 Å². The van der Waals surface area contributed by atoms with Crippen molar-refractivity contribution in [1.29, 1.82) is 0 Å². The molecular formula is C19H16N2O4. The molecule has 2 N–H and O–H groups in total. The smallest absolute Gasteiger partial charge is 0.339 e. The molecule has 6 nitrogen and oxygen atoms in total. The molecule has 1 heterocycles. The zero-order valence-electron chi connectivity index (χ0n) is 13.4. The number of fused-ring (bicyclic) bond motifs is 3. The van der Waals surface area contributed by atoms with Crippen molar-refractivity contribution in [3.8, 4) is 11.5 Å². The first-order valence-electron chi connectivity index (χ1n) is 8.14. The minimum atomic E-state index is -0.271. The summed E-state index contributed by atoms with van der Waals surface area (Å²) in [7, 11) is 0. The fourth-order valence-electron chi connectivity index (χ4n) is 3.20. The van der Waals surface area contributed by atoms with Crippen molar-refractivity contribution in [1.82, 2.24) is 0 Å². The number of nitrogens with zero attached hydrogens (tertiary/aromatic N) is 2. The molecule has 1 aromatic heterocycles. The normalized spacial score (nSPS) is 14.1. The summed E-state index contributed by atoms with van der Waals surface area (Å²) < 4.78 is 5.45. The zero-order chi connectivity index (χ0) is 17.4. The predicted octanol–water partition coefficient (Wildman–Crippen LogP) is 4.50. The van der Waals surface area contributed by atoms with Crippen molar-refractivity contribution in [3.63, 3.8) is 0 Å². The highest BCUT2D eigenvalue weighted by atomic mass is 16.4. The van der Waals surface area contributed by atoms with Crippen molar-refractivity contribution in [2.45, 2.75) is 25.7 Å². The van der Waals surface area contributed by atoms with Crippen LogP contribution in [0, 0.1) is 0 Å². The molecule has 0 saturated carbocycles. The molecule has 0 bridgehead atoms. The van der Waals surface area contributed by atoms with Crippen LogP contribution in [0.2, 0.25) is 0 Å². The van der Waals surface area contributed by atoms with Crippen molar-refractivity contribution >= 4 is 22.3 Å². The Hall–Kier alpha value is -3.15. The van der Waals surface area contributed by atoms with E-state index in [1.165, 1.54) is 18.2 Å². The van der Waals surface area contributed by atoms with E-state index in [4.69, 9.17) is 4.42 Å². The van der Waals surface area contributed by atoms with E-state index in [9.17, 15) is 15.0 Å². The van der Waals surface area contributed by atoms with E-state index in [1.807, 2.05) is 6.07 Å². The number of rotatable bonds is 2. The van der Waals surface area contributed by atoms with E-state index < -0.39 is 0 Å². The third-order valence-electron chi connectivity index (χ3n) is 4.44. The molecule has 2 aromatic carbocycles. The summed E-state index contributed by atoms with van der Waals surface area (Å²) in [6.45, 7) is 0. The van der Waals surface area contributed by atoms with E-state index in [0.29, 0.717) is 11.3 Å². The maximum absolute atomic E-state index is 12.2. The molecule has 6 heteroatoms. The summed E-state index contributed by atoms with van der Waals surface area (Å²) in [4.78, 5) is 12.2. The average molecular weight is 336 g/mol. The lowest BCUT2D eigenvalue weighted by Gasteiger charge is -2.15. The lowest BCUT2D eigenvalue weighted by Crippen LogP contribution is -2.15. The maximum Gasteiger partial charge on any atom is 0.339 e. The Balaban J connectivity index is 1.74. The molecule has 0 unspecified atom stereocenters. The van der Waals surface area contributed by atoms with Crippen LogP contribution in [0.25, 0.3) is 11.0 Å². The minimum absolute atomic E-state index is 0.0475. The van der Waals surface area contributed by atoms with Gasteiger partial charge in [-0.2, -0.15) is 5.11 Å². The summed E-state index contributed by atoms with van der Waals surface area (Å²) in [5.41, 5.74) is 2.85. The van der Waals surface area contributed by atoms with Crippen LogP contribution in [0.15, 0.2) is 55.8 Å². The average Bonchev–Trinajstić information content (AvgIpc) is 2.61. The van der Waals surface area contributed by atoms with E-state index in [-0.39, 0.29) is 22.8 Å². The summed E-state index contributed by atoms with van der Waals surface area (Å²) >= 11 is 0. The molecule has 0 radical (unpaired) electrons. The van der Waals surface area contributed by atoms with Crippen LogP contribution in [0.1, 0.15) is 24.0 Å². The van der Waals surface area contributed by atoms with Crippen molar-refractivity contribution in [2.75, 3.05) is 0 Å². The number of hydrogen-bond acceptors (Lipinski definition) is 6. The Morgan fingerprint density at radius 3 is 2.52 bits per heavy atom. The molecule has 0 spiro atoms. The monoisotopic (exact) mass is 336 g/mol. The molecule has 0 saturated heterocycles. The Kier molecular flexibility index (Phi) is 3.72. The van der Waals surface area contributed by atoms with Crippen LogP contribution in [-0.2, 0) is 12.8 Å². The highest BCUT2D eigenvalue weighted by Gasteiger charge is 2.18. The molecule has 0 fully saturated rings. The molecule has 126 valence electrons. The fraction of sp³-hybridized carbons (Fsp3) is 0.211. The predicted molar refractivity (Wildman–Crippen MR) is 93.1 cm³/mol. The molecule has 3 aromatic rings. The molecule has 0 atom stereocenters. The molecule has 1 aliphatic carbocycles. The minimum Gasteiger partial charge on any atom is -0.508 e. The van der Waals surface area contributed by atoms with Gasteiger partial charge in [-0.05, 0) is 55.5 Å². The number of phenols is 2. The topological polar surface area (TPSA) is 95.4 Å². The van der Waals surface area contributed by atoms with Gasteiger partial charge in [-0.15, -0.1) is 5.11 Å². The van der Waals surface area contributed by atoms with Crippen LogP contribution in [-0.4, -0.2) is 10.2 Å². The van der Waals surface area contributed by atoms with Gasteiger partial charge in [0.05, 0.1) is 5.69 Å². The Morgan fingerprint density at radius 2 is 1.72 bits per heavy atom. The number of azo groups is 1. The number of aryl methyl sites for hydroxylation is 1. The first kappa shape index (κ1) is 15.4. The second-order valence-corrected chi connectivity index (χ2v) is 6.11. The van der Waals surface area contributed by atoms with Gasteiger partial charge in [-0.1, -0.05) is 0 Å². The van der Waals surface area contributed by atoms with Crippen LogP contribution in [0.3, 0.4) is 0 Å². The largest absolute Gasteiger partial charge is 0.508 e. The lowest BCUT2D eigenvalue weighted by atomic mass is 9.90. The molecule has 1 aliphatic rings. The zero-order valence-corrected chi connectivity index (χ0v) is 13.4. The second kappa shape index (κ2) is 6.05. The van der Waals surface area contributed by atoms with Gasteiger partial charge in [-0.3, -0.25) is 0 Å². The van der Waals surface area contributed by atoms with Crippen molar-refractivity contribution in [3.05, 3.63) is 57.9 Å². The summed E-state index contributed by atoms with van der Waals surface area (Å²) in [5.74, 6) is -0.209. The van der Waals surface area contributed by atoms with Crippen LogP contribution < -0.4 is 5.63 Å². The molecule has 0 aliphatic heterocycles. The highest BCUT2D eigenvalue weighted by Crippen LogP contribution is 2.33. The van der Waals surface area contributed by atoms with E-state index in [1.54, 1.807) is 12.1 Å². The van der Waals surface area contributed by atoms with Gasteiger partial charge < -0.3 is 14.6 Å². The number of phenolic OH excluding ortho intramolecular Hbond substituents is 2. The molecular weight excluding hydrogens is 320 g/mol. The lowest BCUT2D eigenvalue weighted by molar-refractivity contribution is 0.451. The third kappa shape index (κ3) is 2.87. The number of aromatic hydroxyl groups is 2. The van der Waals surface area contributed by atoms with E-state index in [0.717, 1.165) is 42.2 Å². The van der Waals surface area contributed by atoms with Gasteiger partial charge in [0.1, 0.15) is 22.8 Å². The number of hydrogen-bond donors (Lipinski definition) is 2. The highest BCUT2D eigenvalue weighted by molar-refractivity contribution is 5.84. The fourth-order valence-corrected chi connectivity index (χ4v) is 3.20. The number of benzene rings is 2. The van der Waals surface area contributed by atoms with Crippen LogP contribution >= 0.6 is 0 Å². The van der Waals surface area contributed by atoms with E-state index in [2.05, 4.69) is 10.2 Å². The van der Waals surface area contributed by atoms with Crippen molar-refractivity contribution in [2.24, 2.45) is 10.2 Å². The van der Waals surface area contributed by atoms with Gasteiger partial charge >= 0.3 is 5.63 Å². The SMILES string of the molecule is O=c1oc2cc(N=Nc3ccc(O)cc3O)ccc2c2c1CCCC2. The van der Waals surface area contributed by atoms with Gasteiger partial charge in [0.2, 0.25) is 0 Å². The van der Waals surface area contributed by atoms with E-state index >= 15 is 0 Å². The van der Waals surface area contributed by atoms with Gasteiger partial charge in [0.15, 0.2) is 0 Å². The van der Waals surface area contributed by atoms with Gasteiger partial charge in [0.25, 0.3) is 0 Å². The quantitative estimate of drug-likeness (QED) is 0.532. The molecule has 25 heavy (non-hydrogen) atoms.